The van der Waals surface area contributed by atoms with Gasteiger partial charge in [-0.3, -0.25) is 4.55 Å². The molecule has 1 N–H and O–H groups in total. The molecule has 3 nitrogen and oxygen atoms in total. The minimum Gasteiger partial charge on any atom is -0.286 e. The molecule has 0 saturated heterocycles. The van der Waals surface area contributed by atoms with Crippen LogP contribution >= 0.6 is 0 Å². The molecule has 0 saturated carbocycles. The predicted molar refractivity (Wildman–Crippen MR) is 74.0 cm³/mol. The zero-order valence-electron chi connectivity index (χ0n) is 11.2. The predicted octanol–water partition coefficient (Wildman–Crippen LogP) is 3.41. The van der Waals surface area contributed by atoms with Crippen molar-refractivity contribution in [2.75, 3.05) is 5.75 Å². The maximum absolute atomic E-state index is 10.4. The average Bonchev–Trinajstić information content (AvgIpc) is 2.19. The van der Waals surface area contributed by atoms with Crippen LogP contribution in [0.25, 0.3) is 0 Å². The van der Waals surface area contributed by atoms with Crippen molar-refractivity contribution < 1.29 is 13.0 Å². The van der Waals surface area contributed by atoms with E-state index in [4.69, 9.17) is 4.55 Å². The van der Waals surface area contributed by atoms with Crippen LogP contribution in [0.5, 0.6) is 0 Å². The number of hydrogen-bond acceptors (Lipinski definition) is 2. The monoisotopic (exact) mass is 290 g/mol. The van der Waals surface area contributed by atoms with E-state index in [2.05, 4.69) is 6.92 Å². The molecule has 0 aromatic heterocycles. The smallest absolute Gasteiger partial charge is 0.264 e. The van der Waals surface area contributed by atoms with Crippen LogP contribution in [0.1, 0.15) is 71.1 Å². The molecule has 0 unspecified atom stereocenters. The number of rotatable bonds is 11. The van der Waals surface area contributed by atoms with Gasteiger partial charge in [0.1, 0.15) is 0 Å². The summed E-state index contributed by atoms with van der Waals surface area (Å²) in [6.45, 7) is 2.22. The third-order valence-electron chi connectivity index (χ3n) is 2.76. The van der Waals surface area contributed by atoms with Crippen molar-refractivity contribution in [2.45, 2.75) is 71.1 Å². The molecule has 0 heterocycles. The summed E-state index contributed by atoms with van der Waals surface area (Å²) >= 11 is 0. The normalized spacial score (nSPS) is 11.2. The van der Waals surface area contributed by atoms with Gasteiger partial charge in [0, 0.05) is 37.7 Å². The Hall–Kier alpha value is 1.17. The van der Waals surface area contributed by atoms with Crippen molar-refractivity contribution in [3.8, 4) is 0 Å². The third kappa shape index (κ3) is 19.7. The molecule has 0 atom stereocenters. The summed E-state index contributed by atoms with van der Waals surface area (Å²) in [5.74, 6) is -0.0799. The molecular formula is C12H26CaO3S. The van der Waals surface area contributed by atoms with Gasteiger partial charge in [-0.05, 0) is 6.42 Å². The zero-order valence-corrected chi connectivity index (χ0v) is 14.2. The van der Waals surface area contributed by atoms with Crippen molar-refractivity contribution in [1.29, 1.82) is 0 Å². The summed E-state index contributed by atoms with van der Waals surface area (Å²) in [6.07, 6.45) is 11.7. The minimum atomic E-state index is -3.73. The molecular weight excluding hydrogens is 264 g/mol. The topological polar surface area (TPSA) is 54.4 Å². The Balaban J connectivity index is 0. The first-order valence-corrected chi connectivity index (χ1v) is 8.12. The fourth-order valence-electron chi connectivity index (χ4n) is 1.77. The molecule has 0 aliphatic rings. The van der Waals surface area contributed by atoms with Crippen LogP contribution in [-0.2, 0) is 10.1 Å². The van der Waals surface area contributed by atoms with Crippen LogP contribution < -0.4 is 0 Å². The SMILES string of the molecule is CCCCCCCCCCCCS(=O)(=O)O.[Ca]. The summed E-state index contributed by atoms with van der Waals surface area (Å²) in [6, 6.07) is 0. The molecule has 0 fully saturated rings. The minimum absolute atomic E-state index is 0. The summed E-state index contributed by atoms with van der Waals surface area (Å²) in [5.41, 5.74) is 0. The van der Waals surface area contributed by atoms with Gasteiger partial charge in [-0.15, -0.1) is 0 Å². The van der Waals surface area contributed by atoms with E-state index >= 15 is 0 Å². The second-order valence-corrected chi connectivity index (χ2v) is 6.04. The Labute approximate surface area is 136 Å². The molecule has 0 aromatic rings. The Kier molecular flexibility index (Phi) is 16.4. The summed E-state index contributed by atoms with van der Waals surface area (Å²) in [5, 5.41) is 0. The van der Waals surface area contributed by atoms with Crippen molar-refractivity contribution >= 4 is 47.9 Å². The zero-order chi connectivity index (χ0) is 12.3. The molecule has 0 aliphatic carbocycles. The van der Waals surface area contributed by atoms with Gasteiger partial charge >= 0.3 is 0 Å². The molecule has 5 heteroatoms. The number of unbranched alkanes of at least 4 members (excludes halogenated alkanes) is 9. The Bertz CT molecular complexity index is 240. The van der Waals surface area contributed by atoms with Gasteiger partial charge in [0.15, 0.2) is 0 Å². The van der Waals surface area contributed by atoms with Crippen LogP contribution in [-0.4, -0.2) is 56.5 Å². The first-order valence-electron chi connectivity index (χ1n) is 6.51. The molecule has 0 rings (SSSR count). The Morgan fingerprint density at radius 1 is 0.765 bits per heavy atom. The first-order chi connectivity index (χ1) is 7.56. The van der Waals surface area contributed by atoms with E-state index in [9.17, 15) is 8.42 Å². The molecule has 0 aromatic carbocycles. The second kappa shape index (κ2) is 13.6. The molecule has 0 bridgehead atoms. The van der Waals surface area contributed by atoms with E-state index in [0.717, 1.165) is 12.8 Å². The summed E-state index contributed by atoms with van der Waals surface area (Å²) < 4.78 is 29.4. The van der Waals surface area contributed by atoms with Crippen molar-refractivity contribution in [3.05, 3.63) is 0 Å². The molecule has 2 radical (unpaired) electrons. The van der Waals surface area contributed by atoms with Gasteiger partial charge < -0.3 is 0 Å². The maximum atomic E-state index is 10.4. The maximum Gasteiger partial charge on any atom is 0.264 e. The van der Waals surface area contributed by atoms with Gasteiger partial charge in [-0.2, -0.15) is 8.42 Å². The summed E-state index contributed by atoms with van der Waals surface area (Å²) in [4.78, 5) is 0. The fraction of sp³-hybridized carbons (Fsp3) is 1.00. The second-order valence-electron chi connectivity index (χ2n) is 4.47. The molecule has 0 amide bonds. The standard InChI is InChI=1S/C12H26O3S.Ca/c1-2-3-4-5-6-7-8-9-10-11-12-16(13,14)15;/h2-12H2,1H3,(H,13,14,15);. The van der Waals surface area contributed by atoms with E-state index in [0.29, 0.717) is 6.42 Å². The van der Waals surface area contributed by atoms with Gasteiger partial charge in [0.05, 0.1) is 5.75 Å². The number of hydrogen-bond donors (Lipinski definition) is 1. The van der Waals surface area contributed by atoms with Crippen LogP contribution in [0.4, 0.5) is 0 Å². The molecule has 0 spiro atoms. The third-order valence-corrected chi connectivity index (χ3v) is 3.56. The quantitative estimate of drug-likeness (QED) is 0.360. The van der Waals surface area contributed by atoms with E-state index in [1.165, 1.54) is 44.9 Å². The van der Waals surface area contributed by atoms with Gasteiger partial charge in [0.2, 0.25) is 0 Å². The van der Waals surface area contributed by atoms with Crippen LogP contribution in [0.2, 0.25) is 0 Å². The van der Waals surface area contributed by atoms with Gasteiger partial charge in [0.25, 0.3) is 10.1 Å². The Morgan fingerprint density at radius 3 is 1.47 bits per heavy atom. The largest absolute Gasteiger partial charge is 0.286 e. The van der Waals surface area contributed by atoms with Gasteiger partial charge in [-0.25, -0.2) is 0 Å². The first kappa shape index (κ1) is 20.5. The molecule has 100 valence electrons. The Morgan fingerprint density at radius 2 is 1.12 bits per heavy atom. The van der Waals surface area contributed by atoms with Crippen molar-refractivity contribution in [2.24, 2.45) is 0 Å². The van der Waals surface area contributed by atoms with Crippen LogP contribution in [0.15, 0.2) is 0 Å². The van der Waals surface area contributed by atoms with Crippen LogP contribution in [0, 0.1) is 0 Å². The molecule has 0 aliphatic heterocycles. The van der Waals surface area contributed by atoms with E-state index < -0.39 is 10.1 Å². The van der Waals surface area contributed by atoms with E-state index in [1.54, 1.807) is 0 Å². The van der Waals surface area contributed by atoms with Crippen LogP contribution in [0.3, 0.4) is 0 Å². The molecule has 17 heavy (non-hydrogen) atoms. The summed E-state index contributed by atoms with van der Waals surface area (Å²) in [7, 11) is -3.73. The van der Waals surface area contributed by atoms with E-state index in [-0.39, 0.29) is 43.5 Å². The fourth-order valence-corrected chi connectivity index (χ4v) is 2.34. The van der Waals surface area contributed by atoms with Crippen molar-refractivity contribution in [3.63, 3.8) is 0 Å². The van der Waals surface area contributed by atoms with Crippen molar-refractivity contribution in [1.82, 2.24) is 0 Å². The van der Waals surface area contributed by atoms with E-state index in [1.807, 2.05) is 0 Å². The average molecular weight is 290 g/mol. The van der Waals surface area contributed by atoms with Gasteiger partial charge in [-0.1, -0.05) is 64.7 Å².